The Morgan fingerprint density at radius 1 is 1.47 bits per heavy atom. The molecule has 0 saturated heterocycles. The first-order chi connectivity index (χ1) is 7.76. The summed E-state index contributed by atoms with van der Waals surface area (Å²) in [5, 5.41) is 12.4. The lowest BCUT2D eigenvalue weighted by Gasteiger charge is -2.46. The highest BCUT2D eigenvalue weighted by Gasteiger charge is 2.44. The number of aliphatic hydroxyl groups is 1. The van der Waals surface area contributed by atoms with Crippen LogP contribution in [0.2, 0.25) is 0 Å². The van der Waals surface area contributed by atoms with Crippen LogP contribution in [-0.2, 0) is 4.74 Å². The molecular formula is C13H25NO3. The molecule has 0 aromatic carbocycles. The summed E-state index contributed by atoms with van der Waals surface area (Å²) in [5.41, 5.74) is -0.712. The number of nitrogens with one attached hydrogen (secondary N) is 1. The molecule has 1 aliphatic carbocycles. The maximum atomic E-state index is 11.7. The van der Waals surface area contributed by atoms with E-state index in [4.69, 9.17) is 4.74 Å². The normalized spacial score (nSPS) is 28.4. The van der Waals surface area contributed by atoms with Gasteiger partial charge in [-0.25, -0.2) is 4.79 Å². The first-order valence-electron chi connectivity index (χ1n) is 6.45. The second-order valence-corrected chi connectivity index (χ2v) is 6.07. The molecule has 1 rings (SSSR count). The molecule has 4 nitrogen and oxygen atoms in total. The average molecular weight is 243 g/mol. The summed E-state index contributed by atoms with van der Waals surface area (Å²) in [6.07, 6.45) is 3.71. The Hall–Kier alpha value is -0.770. The highest BCUT2D eigenvalue weighted by Crippen LogP contribution is 2.36. The van der Waals surface area contributed by atoms with Crippen molar-refractivity contribution in [1.29, 1.82) is 0 Å². The zero-order valence-corrected chi connectivity index (χ0v) is 11.4. The second kappa shape index (κ2) is 5.25. The van der Waals surface area contributed by atoms with Crippen LogP contribution >= 0.6 is 0 Å². The summed E-state index contributed by atoms with van der Waals surface area (Å²) in [4.78, 5) is 11.7. The van der Waals surface area contributed by atoms with Gasteiger partial charge >= 0.3 is 6.09 Å². The van der Waals surface area contributed by atoms with E-state index in [1.54, 1.807) is 0 Å². The van der Waals surface area contributed by atoms with E-state index >= 15 is 0 Å². The van der Waals surface area contributed by atoms with Crippen molar-refractivity contribution in [3.63, 3.8) is 0 Å². The summed E-state index contributed by atoms with van der Waals surface area (Å²) < 4.78 is 5.25. The number of alkyl carbamates (subject to hydrolysis) is 1. The van der Waals surface area contributed by atoms with E-state index in [2.05, 4.69) is 12.2 Å². The van der Waals surface area contributed by atoms with Gasteiger partial charge in [-0.15, -0.1) is 0 Å². The number of hydrogen-bond acceptors (Lipinski definition) is 3. The Morgan fingerprint density at radius 2 is 2.06 bits per heavy atom. The molecular weight excluding hydrogens is 218 g/mol. The van der Waals surface area contributed by atoms with Gasteiger partial charge in [0, 0.05) is 5.54 Å². The third kappa shape index (κ3) is 4.54. The summed E-state index contributed by atoms with van der Waals surface area (Å²) in [5.74, 6) is 0. The Balaban J connectivity index is 2.47. The van der Waals surface area contributed by atoms with Gasteiger partial charge in [0.1, 0.15) is 5.60 Å². The lowest BCUT2D eigenvalue weighted by molar-refractivity contribution is -0.0144. The fourth-order valence-electron chi connectivity index (χ4n) is 2.25. The maximum Gasteiger partial charge on any atom is 0.408 e. The van der Waals surface area contributed by atoms with Crippen LogP contribution in [0.4, 0.5) is 4.79 Å². The van der Waals surface area contributed by atoms with E-state index in [9.17, 15) is 9.90 Å². The molecule has 0 radical (unpaired) electrons. The smallest absolute Gasteiger partial charge is 0.408 e. The first kappa shape index (κ1) is 14.3. The van der Waals surface area contributed by atoms with Crippen molar-refractivity contribution in [2.24, 2.45) is 0 Å². The number of hydrogen-bond donors (Lipinski definition) is 2. The SMILES string of the molecule is CCCCC1(NC(=O)OC(C)(C)C)CC(O)C1. The van der Waals surface area contributed by atoms with E-state index in [0.717, 1.165) is 19.3 Å². The first-order valence-corrected chi connectivity index (χ1v) is 6.45. The van der Waals surface area contributed by atoms with Crippen molar-refractivity contribution < 1.29 is 14.6 Å². The third-order valence-electron chi connectivity index (χ3n) is 3.03. The molecule has 1 aliphatic rings. The molecule has 2 N–H and O–H groups in total. The fraction of sp³-hybridized carbons (Fsp3) is 0.923. The van der Waals surface area contributed by atoms with Crippen molar-refractivity contribution in [2.45, 2.75) is 77.0 Å². The molecule has 0 atom stereocenters. The number of amides is 1. The van der Waals surface area contributed by atoms with Crippen LogP contribution in [-0.4, -0.2) is 28.4 Å². The maximum absolute atomic E-state index is 11.7. The summed E-state index contributed by atoms with van der Waals surface area (Å²) >= 11 is 0. The zero-order valence-electron chi connectivity index (χ0n) is 11.4. The summed E-state index contributed by atoms with van der Waals surface area (Å²) in [6.45, 7) is 7.67. The predicted molar refractivity (Wildman–Crippen MR) is 66.9 cm³/mol. The molecule has 17 heavy (non-hydrogen) atoms. The molecule has 100 valence electrons. The van der Waals surface area contributed by atoms with Gasteiger partial charge in [-0.3, -0.25) is 0 Å². The van der Waals surface area contributed by atoms with E-state index in [1.165, 1.54) is 0 Å². The van der Waals surface area contributed by atoms with E-state index in [1.807, 2.05) is 20.8 Å². The van der Waals surface area contributed by atoms with Crippen LogP contribution in [0.15, 0.2) is 0 Å². The van der Waals surface area contributed by atoms with E-state index < -0.39 is 5.60 Å². The molecule has 1 fully saturated rings. The average Bonchev–Trinajstić information content (AvgIpc) is 2.08. The molecule has 4 heteroatoms. The van der Waals surface area contributed by atoms with Crippen molar-refractivity contribution in [2.75, 3.05) is 0 Å². The monoisotopic (exact) mass is 243 g/mol. The molecule has 0 aliphatic heterocycles. The minimum Gasteiger partial charge on any atom is -0.444 e. The Morgan fingerprint density at radius 3 is 2.47 bits per heavy atom. The lowest BCUT2D eigenvalue weighted by Crippen LogP contribution is -2.60. The molecule has 0 unspecified atom stereocenters. The molecule has 0 heterocycles. The van der Waals surface area contributed by atoms with Crippen LogP contribution in [0.25, 0.3) is 0 Å². The number of carbonyl (C=O) groups is 1. The second-order valence-electron chi connectivity index (χ2n) is 6.07. The molecule has 0 aromatic rings. The highest BCUT2D eigenvalue weighted by atomic mass is 16.6. The number of unbranched alkanes of at least 4 members (excludes halogenated alkanes) is 1. The van der Waals surface area contributed by atoms with Gasteiger partial charge in [0.25, 0.3) is 0 Å². The van der Waals surface area contributed by atoms with Gasteiger partial charge < -0.3 is 15.2 Å². The van der Waals surface area contributed by atoms with Crippen molar-refractivity contribution >= 4 is 6.09 Å². The number of aliphatic hydroxyl groups excluding tert-OH is 1. The van der Waals surface area contributed by atoms with Crippen LogP contribution < -0.4 is 5.32 Å². The number of carbonyl (C=O) groups excluding carboxylic acids is 1. The molecule has 0 spiro atoms. The highest BCUT2D eigenvalue weighted by molar-refractivity contribution is 5.69. The molecule has 1 saturated carbocycles. The van der Waals surface area contributed by atoms with Crippen LogP contribution in [0, 0.1) is 0 Å². The van der Waals surface area contributed by atoms with Crippen molar-refractivity contribution in [3.8, 4) is 0 Å². The fourth-order valence-corrected chi connectivity index (χ4v) is 2.25. The lowest BCUT2D eigenvalue weighted by atomic mass is 9.71. The molecule has 0 bridgehead atoms. The Kier molecular flexibility index (Phi) is 4.42. The zero-order chi connectivity index (χ0) is 13.1. The Bertz CT molecular complexity index is 264. The van der Waals surface area contributed by atoms with E-state index in [0.29, 0.717) is 12.8 Å². The van der Waals surface area contributed by atoms with Gasteiger partial charge in [-0.1, -0.05) is 19.8 Å². The van der Waals surface area contributed by atoms with Gasteiger partial charge in [0.2, 0.25) is 0 Å². The molecule has 1 amide bonds. The minimum atomic E-state index is -0.474. The van der Waals surface area contributed by atoms with Gasteiger partial charge in [-0.05, 0) is 40.0 Å². The molecule has 0 aromatic heterocycles. The van der Waals surface area contributed by atoms with Gasteiger partial charge in [0.15, 0.2) is 0 Å². The predicted octanol–water partition coefficient (Wildman–Crippen LogP) is 2.59. The van der Waals surface area contributed by atoms with E-state index in [-0.39, 0.29) is 17.7 Å². The standard InChI is InChI=1S/C13H25NO3/c1-5-6-7-13(8-10(15)9-13)14-11(16)17-12(2,3)4/h10,15H,5-9H2,1-4H3,(H,14,16). The van der Waals surface area contributed by atoms with Crippen molar-refractivity contribution in [3.05, 3.63) is 0 Å². The Labute approximate surface area is 104 Å². The van der Waals surface area contributed by atoms with Crippen LogP contribution in [0.5, 0.6) is 0 Å². The number of ether oxygens (including phenoxy) is 1. The largest absolute Gasteiger partial charge is 0.444 e. The third-order valence-corrected chi connectivity index (χ3v) is 3.03. The minimum absolute atomic E-state index is 0.238. The van der Waals surface area contributed by atoms with Crippen LogP contribution in [0.1, 0.15) is 59.8 Å². The summed E-state index contributed by atoms with van der Waals surface area (Å²) in [7, 11) is 0. The quantitative estimate of drug-likeness (QED) is 0.798. The number of rotatable bonds is 4. The van der Waals surface area contributed by atoms with Gasteiger partial charge in [-0.2, -0.15) is 0 Å². The summed E-state index contributed by atoms with van der Waals surface area (Å²) in [6, 6.07) is 0. The van der Waals surface area contributed by atoms with Crippen molar-refractivity contribution in [1.82, 2.24) is 5.32 Å². The van der Waals surface area contributed by atoms with Crippen LogP contribution in [0.3, 0.4) is 0 Å². The van der Waals surface area contributed by atoms with Gasteiger partial charge in [0.05, 0.1) is 6.10 Å². The topological polar surface area (TPSA) is 58.6 Å².